The summed E-state index contributed by atoms with van der Waals surface area (Å²) in [5.41, 5.74) is 1.65. The number of anilines is 1. The summed E-state index contributed by atoms with van der Waals surface area (Å²) in [5, 5.41) is 0.580. The van der Waals surface area contributed by atoms with Crippen molar-refractivity contribution in [3.63, 3.8) is 0 Å². The van der Waals surface area contributed by atoms with Crippen LogP contribution < -0.4 is 19.1 Å². The van der Waals surface area contributed by atoms with Crippen molar-refractivity contribution in [2.75, 3.05) is 32.3 Å². The highest BCUT2D eigenvalue weighted by molar-refractivity contribution is 7.22. The molecule has 8 nitrogen and oxygen atoms in total. The number of aromatic nitrogens is 3. The molecule has 4 aromatic rings. The minimum atomic E-state index is -0.166. The number of methoxy groups -OCH3 is 2. The van der Waals surface area contributed by atoms with Gasteiger partial charge in [0.1, 0.15) is 27.5 Å². The van der Waals surface area contributed by atoms with Crippen LogP contribution in [0.3, 0.4) is 0 Å². The number of aryl methyl sites for hydroxylation is 2. The molecule has 1 amide bonds. The summed E-state index contributed by atoms with van der Waals surface area (Å²) in [6.07, 6.45) is 6.14. The third-order valence-corrected chi connectivity index (χ3v) is 6.33. The van der Waals surface area contributed by atoms with Gasteiger partial charge in [-0.05, 0) is 37.1 Å². The van der Waals surface area contributed by atoms with E-state index in [0.717, 1.165) is 23.2 Å². The second-order valence-electron chi connectivity index (χ2n) is 7.40. The lowest BCUT2D eigenvalue weighted by Gasteiger charge is -2.20. The fourth-order valence-corrected chi connectivity index (χ4v) is 4.60. The maximum Gasteiger partial charge on any atom is 0.266 e. The van der Waals surface area contributed by atoms with E-state index >= 15 is 0 Å². The van der Waals surface area contributed by atoms with Gasteiger partial charge in [0, 0.05) is 25.5 Å². The van der Waals surface area contributed by atoms with Crippen LogP contribution in [-0.4, -0.2) is 47.8 Å². The van der Waals surface area contributed by atoms with Crippen molar-refractivity contribution in [3.05, 3.63) is 60.7 Å². The molecule has 0 N–H and O–H groups in total. The highest BCUT2D eigenvalue weighted by Gasteiger charge is 2.23. The number of ether oxygens (including phenoxy) is 3. The van der Waals surface area contributed by atoms with Gasteiger partial charge in [0.25, 0.3) is 5.91 Å². The number of rotatable bonds is 10. The van der Waals surface area contributed by atoms with Crippen LogP contribution in [-0.2, 0) is 11.3 Å². The summed E-state index contributed by atoms with van der Waals surface area (Å²) in [5.74, 6) is 1.85. The molecule has 2 heterocycles. The Hall–Kier alpha value is -3.59. The lowest BCUT2D eigenvalue weighted by Crippen LogP contribution is -2.36. The van der Waals surface area contributed by atoms with E-state index in [1.165, 1.54) is 11.3 Å². The average molecular weight is 467 g/mol. The number of benzene rings is 2. The van der Waals surface area contributed by atoms with Gasteiger partial charge in [-0.1, -0.05) is 29.5 Å². The molecule has 0 bridgehead atoms. The van der Waals surface area contributed by atoms with E-state index in [4.69, 9.17) is 19.2 Å². The van der Waals surface area contributed by atoms with Crippen molar-refractivity contribution in [2.45, 2.75) is 19.9 Å². The largest absolute Gasteiger partial charge is 0.495 e. The molecule has 9 heteroatoms. The molecule has 0 spiro atoms. The van der Waals surface area contributed by atoms with Gasteiger partial charge in [0.2, 0.25) is 0 Å². The maximum absolute atomic E-state index is 13.3. The number of hydrogen-bond acceptors (Lipinski definition) is 7. The molecule has 33 heavy (non-hydrogen) atoms. The molecule has 0 aliphatic carbocycles. The van der Waals surface area contributed by atoms with Crippen molar-refractivity contribution < 1.29 is 19.0 Å². The topological polar surface area (TPSA) is 78.7 Å². The van der Waals surface area contributed by atoms with Crippen LogP contribution in [0.15, 0.2) is 55.1 Å². The summed E-state index contributed by atoms with van der Waals surface area (Å²) >= 11 is 1.40. The molecule has 0 aliphatic heterocycles. The van der Waals surface area contributed by atoms with Gasteiger partial charge in [-0.2, -0.15) is 0 Å². The number of fused-ring (bicyclic) bond motifs is 1. The molecule has 0 aliphatic rings. The Morgan fingerprint density at radius 3 is 2.61 bits per heavy atom. The molecule has 4 rings (SSSR count). The van der Waals surface area contributed by atoms with Crippen molar-refractivity contribution >= 4 is 32.6 Å². The fraction of sp³-hybridized carbons (Fsp3) is 0.292. The first-order valence-electron chi connectivity index (χ1n) is 10.6. The Bertz CT molecular complexity index is 1180. The summed E-state index contributed by atoms with van der Waals surface area (Å²) in [6, 6.07) is 11.3. The summed E-state index contributed by atoms with van der Waals surface area (Å²) < 4.78 is 19.6. The zero-order chi connectivity index (χ0) is 23.2. The monoisotopic (exact) mass is 466 g/mol. The first-order valence-corrected chi connectivity index (χ1v) is 11.4. The van der Waals surface area contributed by atoms with Gasteiger partial charge in [0.15, 0.2) is 11.7 Å². The predicted octanol–water partition coefficient (Wildman–Crippen LogP) is 4.32. The van der Waals surface area contributed by atoms with E-state index < -0.39 is 0 Å². The lowest BCUT2D eigenvalue weighted by atomic mass is 10.2. The zero-order valence-electron chi connectivity index (χ0n) is 18.9. The first-order chi connectivity index (χ1) is 16.1. The van der Waals surface area contributed by atoms with Gasteiger partial charge in [-0.3, -0.25) is 9.69 Å². The van der Waals surface area contributed by atoms with Crippen molar-refractivity contribution in [1.82, 2.24) is 14.5 Å². The van der Waals surface area contributed by atoms with E-state index in [-0.39, 0.29) is 12.5 Å². The quantitative estimate of drug-likeness (QED) is 0.346. The number of thiazole rings is 1. The van der Waals surface area contributed by atoms with E-state index in [1.807, 2.05) is 54.1 Å². The molecule has 0 saturated carbocycles. The third kappa shape index (κ3) is 5.09. The Kier molecular flexibility index (Phi) is 7.09. The van der Waals surface area contributed by atoms with Crippen LogP contribution in [0.2, 0.25) is 0 Å². The number of carbonyl (C=O) groups is 1. The zero-order valence-corrected chi connectivity index (χ0v) is 19.7. The standard InChI is InChI=1S/C24H26N4O4S/c1-17-7-4-5-8-18(17)32-15-21(29)28(13-6-12-27-14-11-25-16-27)24-26-22-19(30-2)9-10-20(31-3)23(22)33-24/h4-5,7-11,14,16H,6,12-13,15H2,1-3H3. The molecule has 172 valence electrons. The van der Waals surface area contributed by atoms with Crippen molar-refractivity contribution in [3.8, 4) is 17.2 Å². The van der Waals surface area contributed by atoms with Gasteiger partial charge in [-0.15, -0.1) is 0 Å². The lowest BCUT2D eigenvalue weighted by molar-refractivity contribution is -0.120. The van der Waals surface area contributed by atoms with Crippen LogP contribution >= 0.6 is 11.3 Å². The van der Waals surface area contributed by atoms with Crippen LogP contribution in [0.5, 0.6) is 17.2 Å². The highest BCUT2D eigenvalue weighted by atomic mass is 32.1. The Morgan fingerprint density at radius 2 is 1.88 bits per heavy atom. The van der Waals surface area contributed by atoms with Crippen molar-refractivity contribution in [2.24, 2.45) is 0 Å². The van der Waals surface area contributed by atoms with Crippen LogP contribution in [0.4, 0.5) is 5.13 Å². The van der Waals surface area contributed by atoms with Gasteiger partial charge in [-0.25, -0.2) is 9.97 Å². The number of amides is 1. The van der Waals surface area contributed by atoms with E-state index in [0.29, 0.717) is 34.4 Å². The molecule has 2 aromatic heterocycles. The molecule has 2 aromatic carbocycles. The van der Waals surface area contributed by atoms with Crippen LogP contribution in [0.25, 0.3) is 10.2 Å². The average Bonchev–Trinajstić information content (AvgIpc) is 3.50. The molecule has 0 atom stereocenters. The second-order valence-corrected chi connectivity index (χ2v) is 8.38. The fourth-order valence-electron chi connectivity index (χ4n) is 3.48. The second kappa shape index (κ2) is 10.4. The van der Waals surface area contributed by atoms with E-state index in [2.05, 4.69) is 4.98 Å². The minimum Gasteiger partial charge on any atom is -0.495 e. The number of carbonyl (C=O) groups excluding carboxylic acids is 1. The molecular weight excluding hydrogens is 440 g/mol. The van der Waals surface area contributed by atoms with Gasteiger partial charge >= 0.3 is 0 Å². The molecule has 0 radical (unpaired) electrons. The molecule has 0 fully saturated rings. The van der Waals surface area contributed by atoms with E-state index in [1.54, 1.807) is 31.6 Å². The normalized spacial score (nSPS) is 10.9. The van der Waals surface area contributed by atoms with Gasteiger partial charge < -0.3 is 18.8 Å². The molecular formula is C24H26N4O4S. The number of imidazole rings is 1. The highest BCUT2D eigenvalue weighted by Crippen LogP contribution is 2.40. The number of nitrogens with zero attached hydrogens (tertiary/aromatic N) is 4. The summed E-state index contributed by atoms with van der Waals surface area (Å²) in [6.45, 7) is 3.09. The Morgan fingerprint density at radius 1 is 1.09 bits per heavy atom. The number of para-hydroxylation sites is 1. The van der Waals surface area contributed by atoms with Crippen LogP contribution in [0, 0.1) is 6.92 Å². The van der Waals surface area contributed by atoms with Gasteiger partial charge in [0.05, 0.1) is 20.5 Å². The Labute approximate surface area is 196 Å². The van der Waals surface area contributed by atoms with Crippen LogP contribution in [0.1, 0.15) is 12.0 Å². The minimum absolute atomic E-state index is 0.0832. The third-order valence-electron chi connectivity index (χ3n) is 5.23. The molecule has 0 saturated heterocycles. The smallest absolute Gasteiger partial charge is 0.266 e. The predicted molar refractivity (Wildman–Crippen MR) is 129 cm³/mol. The maximum atomic E-state index is 13.3. The van der Waals surface area contributed by atoms with E-state index in [9.17, 15) is 4.79 Å². The summed E-state index contributed by atoms with van der Waals surface area (Å²) in [4.78, 5) is 23.8. The Balaban J connectivity index is 1.60. The molecule has 0 unspecified atom stereocenters. The first kappa shape index (κ1) is 22.6. The number of hydrogen-bond donors (Lipinski definition) is 0. The van der Waals surface area contributed by atoms with Crippen molar-refractivity contribution in [1.29, 1.82) is 0 Å². The SMILES string of the molecule is COc1ccc(OC)c2sc(N(CCCn3ccnc3)C(=O)COc3ccccc3C)nc12. The summed E-state index contributed by atoms with van der Waals surface area (Å²) in [7, 11) is 3.22.